The first-order valence-corrected chi connectivity index (χ1v) is 9.92. The second-order valence-electron chi connectivity index (χ2n) is 7.69. The number of amides is 1. The fraction of sp³-hybridized carbons (Fsp3) is 0.182. The van der Waals surface area contributed by atoms with E-state index in [4.69, 9.17) is 4.52 Å². The number of fused-ring (bicyclic) bond motifs is 1. The molecule has 33 heavy (non-hydrogen) atoms. The number of aromatic hydroxyl groups is 3. The molecule has 0 saturated heterocycles. The van der Waals surface area contributed by atoms with Gasteiger partial charge >= 0.3 is 5.56 Å². The van der Waals surface area contributed by atoms with Crippen molar-refractivity contribution in [3.05, 3.63) is 63.5 Å². The Morgan fingerprint density at radius 3 is 2.70 bits per heavy atom. The number of aromatic nitrogens is 4. The van der Waals surface area contributed by atoms with Gasteiger partial charge in [0.05, 0.1) is 0 Å². The lowest BCUT2D eigenvalue weighted by Crippen LogP contribution is -2.21. The molecule has 11 heteroatoms. The Morgan fingerprint density at radius 2 is 1.97 bits per heavy atom. The quantitative estimate of drug-likeness (QED) is 0.289. The Hall–Kier alpha value is -4.54. The van der Waals surface area contributed by atoms with Gasteiger partial charge in [-0.15, -0.1) is 0 Å². The van der Waals surface area contributed by atoms with E-state index in [0.717, 1.165) is 15.5 Å². The Kier molecular flexibility index (Phi) is 5.38. The number of allylic oxidation sites excluding steroid dienone is 2. The van der Waals surface area contributed by atoms with E-state index in [1.165, 1.54) is 6.20 Å². The van der Waals surface area contributed by atoms with Gasteiger partial charge in [0.25, 0.3) is 5.91 Å². The average Bonchev–Trinajstić information content (AvgIpc) is 3.44. The highest BCUT2D eigenvalue weighted by molar-refractivity contribution is 6.04. The second-order valence-corrected chi connectivity index (χ2v) is 7.69. The Labute approximate surface area is 186 Å². The molecule has 4 aromatic rings. The van der Waals surface area contributed by atoms with Crippen LogP contribution in [0.5, 0.6) is 17.2 Å². The zero-order valence-electron chi connectivity index (χ0n) is 18.0. The molecule has 1 aromatic carbocycles. The molecular formula is C22H21N5O6. The summed E-state index contributed by atoms with van der Waals surface area (Å²) in [5.74, 6) is -2.68. The van der Waals surface area contributed by atoms with Crippen molar-refractivity contribution in [3.8, 4) is 28.6 Å². The summed E-state index contributed by atoms with van der Waals surface area (Å²) in [5, 5.41) is 36.1. The number of nitrogens with one attached hydrogen (secondary N) is 2. The molecule has 4 rings (SSSR count). The van der Waals surface area contributed by atoms with Crippen molar-refractivity contribution in [1.82, 2.24) is 19.5 Å². The molecule has 5 N–H and O–H groups in total. The first-order chi connectivity index (χ1) is 15.7. The number of benzene rings is 1. The normalized spacial score (nSPS) is 11.0. The number of hydrogen-bond acceptors (Lipinski definition) is 8. The van der Waals surface area contributed by atoms with Crippen molar-refractivity contribution in [2.24, 2.45) is 0 Å². The molecule has 0 fully saturated rings. The van der Waals surface area contributed by atoms with Crippen LogP contribution in [-0.4, -0.2) is 40.8 Å². The maximum atomic E-state index is 12.9. The molecular weight excluding hydrogens is 430 g/mol. The fourth-order valence-corrected chi connectivity index (χ4v) is 3.20. The molecule has 0 aliphatic rings. The Morgan fingerprint density at radius 1 is 1.21 bits per heavy atom. The number of nitrogens with zero attached hydrogens (tertiary/aromatic N) is 3. The van der Waals surface area contributed by atoms with Crippen LogP contribution in [0, 0.1) is 6.92 Å². The van der Waals surface area contributed by atoms with Crippen LogP contribution in [0.4, 0.5) is 5.69 Å². The first kappa shape index (κ1) is 21.7. The highest BCUT2D eigenvalue weighted by Crippen LogP contribution is 2.34. The largest absolute Gasteiger partial charge is 0.502 e. The van der Waals surface area contributed by atoms with Crippen LogP contribution in [0.15, 0.2) is 45.4 Å². The zero-order chi connectivity index (χ0) is 23.9. The number of aromatic amines is 1. The maximum absolute atomic E-state index is 12.9. The van der Waals surface area contributed by atoms with E-state index in [1.807, 2.05) is 19.9 Å². The molecule has 0 atom stereocenters. The lowest BCUT2D eigenvalue weighted by Gasteiger charge is -2.10. The highest BCUT2D eigenvalue weighted by atomic mass is 16.5. The van der Waals surface area contributed by atoms with Crippen LogP contribution in [0.2, 0.25) is 0 Å². The minimum absolute atomic E-state index is 0.186. The van der Waals surface area contributed by atoms with Gasteiger partial charge in [0, 0.05) is 23.9 Å². The number of carbonyl (C=O) groups is 1. The maximum Gasteiger partial charge on any atom is 0.303 e. The Balaban J connectivity index is 1.66. The van der Waals surface area contributed by atoms with Crippen molar-refractivity contribution in [2.45, 2.75) is 27.2 Å². The highest BCUT2D eigenvalue weighted by Gasteiger charge is 2.23. The van der Waals surface area contributed by atoms with Crippen molar-refractivity contribution in [2.75, 3.05) is 5.32 Å². The summed E-state index contributed by atoms with van der Waals surface area (Å²) in [6.07, 6.45) is 3.66. The fourth-order valence-electron chi connectivity index (χ4n) is 3.20. The van der Waals surface area contributed by atoms with Gasteiger partial charge in [-0.05, 0) is 32.4 Å². The molecule has 0 saturated carbocycles. The monoisotopic (exact) mass is 451 g/mol. The predicted octanol–water partition coefficient (Wildman–Crippen LogP) is 2.86. The van der Waals surface area contributed by atoms with Gasteiger partial charge in [-0.25, -0.2) is 4.40 Å². The average molecular weight is 451 g/mol. The molecule has 0 aliphatic heterocycles. The molecule has 3 aromatic heterocycles. The SMILES string of the molecule is CC(C)=CCc1nc(-c2ccc(C)c(NC(=O)c3c[nH]c4c(O)c(O)c(O)c(=O)n34)c2)no1. The van der Waals surface area contributed by atoms with Crippen LogP contribution < -0.4 is 10.9 Å². The molecule has 0 aliphatic carbocycles. The molecule has 3 heterocycles. The molecule has 0 unspecified atom stereocenters. The number of pyridine rings is 1. The van der Waals surface area contributed by atoms with Gasteiger partial charge in [-0.1, -0.05) is 28.9 Å². The molecule has 0 bridgehead atoms. The first-order valence-electron chi connectivity index (χ1n) is 9.92. The second kappa shape index (κ2) is 8.19. The molecule has 170 valence electrons. The third kappa shape index (κ3) is 3.91. The zero-order valence-corrected chi connectivity index (χ0v) is 18.0. The third-order valence-electron chi connectivity index (χ3n) is 5.02. The summed E-state index contributed by atoms with van der Waals surface area (Å²) in [7, 11) is 0. The van der Waals surface area contributed by atoms with Gasteiger partial charge in [0.2, 0.25) is 29.0 Å². The van der Waals surface area contributed by atoms with E-state index >= 15 is 0 Å². The van der Waals surface area contributed by atoms with E-state index in [0.29, 0.717) is 29.4 Å². The van der Waals surface area contributed by atoms with Crippen LogP contribution in [0.25, 0.3) is 17.0 Å². The van der Waals surface area contributed by atoms with E-state index in [-0.39, 0.29) is 11.3 Å². The van der Waals surface area contributed by atoms with Gasteiger partial charge in [-0.3, -0.25) is 9.59 Å². The van der Waals surface area contributed by atoms with Gasteiger partial charge in [-0.2, -0.15) is 4.98 Å². The number of imidazole rings is 1. The lowest BCUT2D eigenvalue weighted by atomic mass is 10.1. The summed E-state index contributed by atoms with van der Waals surface area (Å²) in [6, 6.07) is 5.23. The summed E-state index contributed by atoms with van der Waals surface area (Å²) in [5.41, 5.74) is 1.42. The number of H-pyrrole nitrogens is 1. The number of carbonyl (C=O) groups excluding carboxylic acids is 1. The number of rotatable bonds is 5. The summed E-state index contributed by atoms with van der Waals surface area (Å²) in [4.78, 5) is 32.2. The van der Waals surface area contributed by atoms with Crippen molar-refractivity contribution < 1.29 is 24.6 Å². The topological polar surface area (TPSA) is 166 Å². The van der Waals surface area contributed by atoms with Crippen molar-refractivity contribution in [3.63, 3.8) is 0 Å². The summed E-state index contributed by atoms with van der Waals surface area (Å²) in [6.45, 7) is 5.73. The van der Waals surface area contributed by atoms with Crippen LogP contribution in [0.1, 0.15) is 35.8 Å². The Bertz CT molecular complexity index is 1470. The van der Waals surface area contributed by atoms with E-state index < -0.39 is 28.7 Å². The van der Waals surface area contributed by atoms with Gasteiger partial charge in [0.15, 0.2) is 5.65 Å². The number of aryl methyl sites for hydroxylation is 1. The molecule has 11 nitrogen and oxygen atoms in total. The third-order valence-corrected chi connectivity index (χ3v) is 5.02. The van der Waals surface area contributed by atoms with Crippen molar-refractivity contribution >= 4 is 17.2 Å². The molecule has 0 radical (unpaired) electrons. The van der Waals surface area contributed by atoms with Gasteiger partial charge < -0.3 is 30.1 Å². The summed E-state index contributed by atoms with van der Waals surface area (Å²) >= 11 is 0. The summed E-state index contributed by atoms with van der Waals surface area (Å²) < 4.78 is 6.04. The van der Waals surface area contributed by atoms with Crippen LogP contribution in [0.3, 0.4) is 0 Å². The predicted molar refractivity (Wildman–Crippen MR) is 119 cm³/mol. The minimum atomic E-state index is -1.07. The standard InChI is InChI=1S/C22H21N5O6/c1-10(2)4-7-15-25-19(26-33-15)12-6-5-11(3)13(8-12)24-21(31)14-9-23-20-17(29)16(28)18(30)22(32)27(14)20/h4-6,8-9,23,28-30H,7H2,1-3H3,(H,24,31). The van der Waals surface area contributed by atoms with Crippen molar-refractivity contribution in [1.29, 1.82) is 0 Å². The smallest absolute Gasteiger partial charge is 0.303 e. The van der Waals surface area contributed by atoms with E-state index in [1.54, 1.807) is 25.1 Å². The number of anilines is 1. The van der Waals surface area contributed by atoms with Crippen LogP contribution in [-0.2, 0) is 6.42 Å². The molecule has 1 amide bonds. The van der Waals surface area contributed by atoms with E-state index in [2.05, 4.69) is 20.4 Å². The van der Waals surface area contributed by atoms with Gasteiger partial charge in [0.1, 0.15) is 5.69 Å². The lowest BCUT2D eigenvalue weighted by molar-refractivity contribution is 0.102. The van der Waals surface area contributed by atoms with E-state index in [9.17, 15) is 24.9 Å². The van der Waals surface area contributed by atoms with Crippen LogP contribution >= 0.6 is 0 Å². The molecule has 0 spiro atoms. The number of hydrogen-bond donors (Lipinski definition) is 5. The minimum Gasteiger partial charge on any atom is -0.502 e.